The van der Waals surface area contributed by atoms with Crippen molar-refractivity contribution in [1.82, 2.24) is 10.2 Å². The van der Waals surface area contributed by atoms with E-state index < -0.39 is 0 Å². The molecule has 0 aromatic rings. The number of hydrogen-bond donors (Lipinski definition) is 1. The first-order chi connectivity index (χ1) is 5.52. The zero-order valence-corrected chi connectivity index (χ0v) is 8.48. The third-order valence-electron chi connectivity index (χ3n) is 3.35. The first-order valence-corrected chi connectivity index (χ1v) is 5.02. The van der Waals surface area contributed by atoms with Crippen LogP contribution in [0.4, 0.5) is 0 Å². The van der Waals surface area contributed by atoms with Crippen molar-refractivity contribution in [2.75, 3.05) is 19.6 Å². The van der Waals surface area contributed by atoms with Crippen molar-refractivity contribution in [1.29, 1.82) is 0 Å². The molecule has 1 N–H and O–H groups in total. The fraction of sp³-hybridized carbons (Fsp3) is 1.00. The summed E-state index contributed by atoms with van der Waals surface area (Å²) in [5.41, 5.74) is 0.957. The number of piperidine rings is 1. The summed E-state index contributed by atoms with van der Waals surface area (Å²) in [4.78, 5) is 2.60. The standard InChI is InChI=1S/C10H20N2/c1-9(2,3)12-6-4-10(5-7-12)8-11-10/h11H,4-8H2,1-3H3. The molecule has 2 heteroatoms. The third-order valence-corrected chi connectivity index (χ3v) is 3.35. The molecule has 12 heavy (non-hydrogen) atoms. The van der Waals surface area contributed by atoms with Gasteiger partial charge in [0.05, 0.1) is 0 Å². The Morgan fingerprint density at radius 1 is 1.17 bits per heavy atom. The quantitative estimate of drug-likeness (QED) is 0.550. The van der Waals surface area contributed by atoms with E-state index in [1.807, 2.05) is 0 Å². The van der Waals surface area contributed by atoms with E-state index in [1.165, 1.54) is 32.5 Å². The molecule has 2 saturated heterocycles. The zero-order chi connectivity index (χ0) is 8.82. The Kier molecular flexibility index (Phi) is 1.74. The topological polar surface area (TPSA) is 25.2 Å². The van der Waals surface area contributed by atoms with Gasteiger partial charge in [0.15, 0.2) is 0 Å². The summed E-state index contributed by atoms with van der Waals surface area (Å²) in [6.07, 6.45) is 2.70. The summed E-state index contributed by atoms with van der Waals surface area (Å²) in [5, 5.41) is 3.50. The van der Waals surface area contributed by atoms with Crippen LogP contribution in [0.15, 0.2) is 0 Å². The molecule has 0 amide bonds. The van der Waals surface area contributed by atoms with Gasteiger partial charge >= 0.3 is 0 Å². The molecular formula is C10H20N2. The minimum absolute atomic E-state index is 0.372. The smallest absolute Gasteiger partial charge is 0.0331 e. The Bertz CT molecular complexity index is 167. The molecule has 0 unspecified atom stereocenters. The maximum absolute atomic E-state index is 3.50. The van der Waals surface area contributed by atoms with Crippen LogP contribution in [0.5, 0.6) is 0 Å². The van der Waals surface area contributed by atoms with E-state index in [-0.39, 0.29) is 0 Å². The van der Waals surface area contributed by atoms with Crippen molar-refractivity contribution in [2.24, 2.45) is 0 Å². The molecule has 1 spiro atoms. The second kappa shape index (κ2) is 2.46. The molecule has 0 atom stereocenters. The van der Waals surface area contributed by atoms with Gasteiger partial charge in [-0.05, 0) is 33.6 Å². The molecule has 0 aromatic heterocycles. The van der Waals surface area contributed by atoms with Crippen LogP contribution < -0.4 is 5.32 Å². The first-order valence-electron chi connectivity index (χ1n) is 5.02. The predicted octanol–water partition coefficient (Wildman–Crippen LogP) is 1.22. The van der Waals surface area contributed by atoms with Gasteiger partial charge in [0.2, 0.25) is 0 Å². The Hall–Kier alpha value is -0.0800. The van der Waals surface area contributed by atoms with Crippen LogP contribution in [-0.2, 0) is 0 Å². The van der Waals surface area contributed by atoms with Gasteiger partial charge in [0, 0.05) is 30.7 Å². The number of hydrogen-bond acceptors (Lipinski definition) is 2. The highest BCUT2D eigenvalue weighted by molar-refractivity contribution is 5.07. The van der Waals surface area contributed by atoms with Crippen molar-refractivity contribution >= 4 is 0 Å². The van der Waals surface area contributed by atoms with Gasteiger partial charge in [-0.2, -0.15) is 0 Å². The number of nitrogens with one attached hydrogen (secondary N) is 1. The highest BCUT2D eigenvalue weighted by Crippen LogP contribution is 2.32. The average molecular weight is 168 g/mol. The number of nitrogens with zero attached hydrogens (tertiary/aromatic N) is 1. The Balaban J connectivity index is 1.90. The van der Waals surface area contributed by atoms with Crippen molar-refractivity contribution in [3.05, 3.63) is 0 Å². The van der Waals surface area contributed by atoms with E-state index in [0.29, 0.717) is 11.1 Å². The van der Waals surface area contributed by atoms with Crippen LogP contribution in [-0.4, -0.2) is 35.6 Å². The lowest BCUT2D eigenvalue weighted by Gasteiger charge is -2.40. The van der Waals surface area contributed by atoms with Crippen LogP contribution in [0.2, 0.25) is 0 Å². The van der Waals surface area contributed by atoms with E-state index in [9.17, 15) is 0 Å². The highest BCUT2D eigenvalue weighted by atomic mass is 15.2. The normalized spacial score (nSPS) is 29.2. The summed E-state index contributed by atoms with van der Waals surface area (Å²) in [6.45, 7) is 10.7. The molecule has 0 aromatic carbocycles. The monoisotopic (exact) mass is 168 g/mol. The second-order valence-electron chi connectivity index (χ2n) is 5.29. The lowest BCUT2D eigenvalue weighted by molar-refractivity contribution is 0.0971. The fourth-order valence-electron chi connectivity index (χ4n) is 2.08. The molecule has 70 valence electrons. The van der Waals surface area contributed by atoms with Gasteiger partial charge in [-0.3, -0.25) is 4.90 Å². The van der Waals surface area contributed by atoms with E-state index in [0.717, 1.165) is 0 Å². The molecule has 2 heterocycles. The molecule has 2 aliphatic heterocycles. The Labute approximate surface area is 75.3 Å². The molecule has 0 bridgehead atoms. The number of rotatable bonds is 0. The molecule has 0 radical (unpaired) electrons. The Morgan fingerprint density at radius 2 is 1.67 bits per heavy atom. The highest BCUT2D eigenvalue weighted by Gasteiger charge is 2.45. The van der Waals surface area contributed by atoms with Gasteiger partial charge in [-0.1, -0.05) is 0 Å². The van der Waals surface area contributed by atoms with Crippen molar-refractivity contribution < 1.29 is 0 Å². The summed E-state index contributed by atoms with van der Waals surface area (Å²) >= 11 is 0. The van der Waals surface area contributed by atoms with Gasteiger partial charge in [-0.25, -0.2) is 0 Å². The molecule has 2 fully saturated rings. The van der Waals surface area contributed by atoms with E-state index in [2.05, 4.69) is 31.0 Å². The van der Waals surface area contributed by atoms with Crippen LogP contribution in [0.1, 0.15) is 33.6 Å². The summed E-state index contributed by atoms with van der Waals surface area (Å²) < 4.78 is 0. The zero-order valence-electron chi connectivity index (χ0n) is 8.48. The van der Waals surface area contributed by atoms with Gasteiger partial charge < -0.3 is 5.32 Å². The van der Waals surface area contributed by atoms with Crippen LogP contribution in [0.25, 0.3) is 0 Å². The van der Waals surface area contributed by atoms with E-state index in [1.54, 1.807) is 0 Å². The summed E-state index contributed by atoms with van der Waals surface area (Å²) in [6, 6.07) is 0. The molecule has 2 rings (SSSR count). The number of likely N-dealkylation sites (tertiary alicyclic amines) is 1. The molecule has 2 aliphatic rings. The lowest BCUT2D eigenvalue weighted by atomic mass is 9.93. The van der Waals surface area contributed by atoms with Crippen molar-refractivity contribution in [2.45, 2.75) is 44.7 Å². The average Bonchev–Trinajstić information content (AvgIpc) is 2.68. The molecule has 0 saturated carbocycles. The molecule has 0 aliphatic carbocycles. The minimum atomic E-state index is 0.372. The van der Waals surface area contributed by atoms with Gasteiger partial charge in [0.25, 0.3) is 0 Å². The van der Waals surface area contributed by atoms with Gasteiger partial charge in [0.1, 0.15) is 0 Å². The van der Waals surface area contributed by atoms with Crippen molar-refractivity contribution in [3.8, 4) is 0 Å². The van der Waals surface area contributed by atoms with Gasteiger partial charge in [-0.15, -0.1) is 0 Å². The fourth-order valence-corrected chi connectivity index (χ4v) is 2.08. The van der Waals surface area contributed by atoms with E-state index >= 15 is 0 Å². The van der Waals surface area contributed by atoms with E-state index in [4.69, 9.17) is 0 Å². The second-order valence-corrected chi connectivity index (χ2v) is 5.29. The van der Waals surface area contributed by atoms with Crippen molar-refractivity contribution in [3.63, 3.8) is 0 Å². The SMILES string of the molecule is CC(C)(C)N1CCC2(CC1)CN2. The lowest BCUT2D eigenvalue weighted by Crippen LogP contribution is -2.48. The third kappa shape index (κ3) is 1.50. The summed E-state index contributed by atoms with van der Waals surface area (Å²) in [5.74, 6) is 0. The maximum atomic E-state index is 3.50. The largest absolute Gasteiger partial charge is 0.308 e. The predicted molar refractivity (Wildman–Crippen MR) is 51.3 cm³/mol. The summed E-state index contributed by atoms with van der Waals surface area (Å²) in [7, 11) is 0. The van der Waals surface area contributed by atoms with Crippen LogP contribution in [0.3, 0.4) is 0 Å². The molecule has 2 nitrogen and oxygen atoms in total. The Morgan fingerprint density at radius 3 is 2.00 bits per heavy atom. The first kappa shape index (κ1) is 8.52. The maximum Gasteiger partial charge on any atom is 0.0331 e. The molecular weight excluding hydrogens is 148 g/mol. The minimum Gasteiger partial charge on any atom is -0.308 e. The van der Waals surface area contributed by atoms with Crippen LogP contribution in [0, 0.1) is 0 Å². The van der Waals surface area contributed by atoms with Crippen LogP contribution >= 0.6 is 0 Å².